The molecule has 6 heteroatoms. The number of hydrogen-bond acceptors (Lipinski definition) is 4. The van der Waals surface area contributed by atoms with E-state index < -0.39 is 4.92 Å². The van der Waals surface area contributed by atoms with E-state index in [1.54, 1.807) is 12.1 Å². The zero-order chi connectivity index (χ0) is 19.9. The van der Waals surface area contributed by atoms with Crippen LogP contribution in [0.1, 0.15) is 22.7 Å². The van der Waals surface area contributed by atoms with Crippen LogP contribution in [0.15, 0.2) is 78.9 Å². The molecule has 0 aromatic heterocycles. The molecular weight excluding hydrogens is 356 g/mol. The zero-order valence-corrected chi connectivity index (χ0v) is 15.4. The lowest BCUT2D eigenvalue weighted by atomic mass is 9.98. The van der Waals surface area contributed by atoms with Crippen LogP contribution >= 0.6 is 0 Å². The van der Waals surface area contributed by atoms with Gasteiger partial charge in [-0.25, -0.2) is 0 Å². The monoisotopic (exact) mass is 376 g/mol. The third kappa shape index (κ3) is 4.73. The summed E-state index contributed by atoms with van der Waals surface area (Å²) in [5.74, 6) is -0.304. The van der Waals surface area contributed by atoms with E-state index in [1.165, 1.54) is 12.1 Å². The average Bonchev–Trinajstić information content (AvgIpc) is 2.72. The number of rotatable bonds is 7. The molecular formula is C22H20N2O4. The van der Waals surface area contributed by atoms with Gasteiger partial charge in [0.1, 0.15) is 0 Å². The minimum atomic E-state index is -0.535. The van der Waals surface area contributed by atoms with E-state index >= 15 is 0 Å². The summed E-state index contributed by atoms with van der Waals surface area (Å²) in [7, 11) is 0. The van der Waals surface area contributed by atoms with Crippen LogP contribution in [0.2, 0.25) is 0 Å². The van der Waals surface area contributed by atoms with E-state index in [0.29, 0.717) is 0 Å². The predicted molar refractivity (Wildman–Crippen MR) is 106 cm³/mol. The van der Waals surface area contributed by atoms with E-state index in [-0.39, 0.29) is 30.0 Å². The second kappa shape index (κ2) is 8.81. The fourth-order valence-electron chi connectivity index (χ4n) is 2.84. The van der Waals surface area contributed by atoms with Crippen LogP contribution in [0.3, 0.4) is 0 Å². The number of nitrogens with one attached hydrogen (secondary N) is 1. The maximum atomic E-state index is 12.5. The third-order valence-electron chi connectivity index (χ3n) is 4.27. The molecule has 0 aliphatic heterocycles. The summed E-state index contributed by atoms with van der Waals surface area (Å²) < 4.78 is 5.40. The molecule has 0 heterocycles. The number of benzene rings is 3. The molecule has 0 bridgehead atoms. The Hall–Kier alpha value is -3.67. The second-order valence-electron chi connectivity index (χ2n) is 6.34. The molecule has 0 saturated carbocycles. The van der Waals surface area contributed by atoms with Crippen LogP contribution in [-0.2, 0) is 4.79 Å². The Morgan fingerprint density at radius 1 is 0.964 bits per heavy atom. The minimum absolute atomic E-state index is 0.0641. The van der Waals surface area contributed by atoms with E-state index in [2.05, 4.69) is 5.32 Å². The highest BCUT2D eigenvalue weighted by atomic mass is 16.6. The van der Waals surface area contributed by atoms with Crippen LogP contribution < -0.4 is 10.1 Å². The molecule has 0 fully saturated rings. The fourth-order valence-corrected chi connectivity index (χ4v) is 2.84. The van der Waals surface area contributed by atoms with Gasteiger partial charge >= 0.3 is 5.69 Å². The molecule has 1 unspecified atom stereocenters. The summed E-state index contributed by atoms with van der Waals surface area (Å²) >= 11 is 0. The normalized spacial score (nSPS) is 11.5. The van der Waals surface area contributed by atoms with Gasteiger partial charge in [0, 0.05) is 6.07 Å². The predicted octanol–water partition coefficient (Wildman–Crippen LogP) is 4.19. The summed E-state index contributed by atoms with van der Waals surface area (Å²) in [5, 5.41) is 14.0. The average molecular weight is 376 g/mol. The van der Waals surface area contributed by atoms with Crippen LogP contribution in [-0.4, -0.2) is 17.4 Å². The van der Waals surface area contributed by atoms with Crippen molar-refractivity contribution in [3.8, 4) is 5.75 Å². The van der Waals surface area contributed by atoms with Gasteiger partial charge in [0.2, 0.25) is 0 Å². The molecule has 1 atom stereocenters. The summed E-state index contributed by atoms with van der Waals surface area (Å²) in [6.45, 7) is 1.68. The number of aryl methyl sites for hydroxylation is 1. The van der Waals surface area contributed by atoms with Gasteiger partial charge in [0.25, 0.3) is 5.91 Å². The molecule has 3 rings (SSSR count). The van der Waals surface area contributed by atoms with E-state index in [1.807, 2.05) is 61.5 Å². The van der Waals surface area contributed by atoms with Crippen molar-refractivity contribution in [2.24, 2.45) is 0 Å². The van der Waals surface area contributed by atoms with Crippen LogP contribution in [0.4, 0.5) is 5.69 Å². The highest BCUT2D eigenvalue weighted by Crippen LogP contribution is 2.26. The van der Waals surface area contributed by atoms with Crippen LogP contribution in [0, 0.1) is 17.0 Å². The number of nitrogens with zero attached hydrogens (tertiary/aromatic N) is 1. The number of hydrogen-bond donors (Lipinski definition) is 1. The Bertz CT molecular complexity index is 956. The summed E-state index contributed by atoms with van der Waals surface area (Å²) in [6.07, 6.45) is 0. The second-order valence-corrected chi connectivity index (χ2v) is 6.34. The first-order valence-corrected chi connectivity index (χ1v) is 8.81. The highest BCUT2D eigenvalue weighted by Gasteiger charge is 2.19. The number of nitro benzene ring substituents is 1. The maximum Gasteiger partial charge on any atom is 0.310 e. The van der Waals surface area contributed by atoms with Crippen molar-refractivity contribution in [3.63, 3.8) is 0 Å². The van der Waals surface area contributed by atoms with Gasteiger partial charge in [0.15, 0.2) is 12.4 Å². The maximum absolute atomic E-state index is 12.5. The smallest absolute Gasteiger partial charge is 0.310 e. The van der Waals surface area contributed by atoms with Gasteiger partial charge in [0.05, 0.1) is 11.0 Å². The van der Waals surface area contributed by atoms with Crippen molar-refractivity contribution in [1.82, 2.24) is 5.32 Å². The topological polar surface area (TPSA) is 81.5 Å². The number of carbonyl (C=O) groups excluding carboxylic acids is 1. The molecule has 0 aliphatic rings. The summed E-state index contributed by atoms with van der Waals surface area (Å²) in [4.78, 5) is 23.0. The zero-order valence-electron chi connectivity index (χ0n) is 15.4. The summed E-state index contributed by atoms with van der Waals surface area (Å²) in [5.41, 5.74) is 2.83. The fraction of sp³-hybridized carbons (Fsp3) is 0.136. The van der Waals surface area contributed by atoms with E-state index in [4.69, 9.17) is 4.74 Å². The molecule has 1 N–H and O–H groups in total. The van der Waals surface area contributed by atoms with E-state index in [9.17, 15) is 14.9 Å². The molecule has 3 aromatic carbocycles. The van der Waals surface area contributed by atoms with Crippen molar-refractivity contribution in [2.75, 3.05) is 6.61 Å². The number of ether oxygens (including phenoxy) is 1. The number of para-hydroxylation sites is 2. The number of amides is 1. The third-order valence-corrected chi connectivity index (χ3v) is 4.27. The lowest BCUT2D eigenvalue weighted by Crippen LogP contribution is -2.33. The Morgan fingerprint density at radius 2 is 1.57 bits per heavy atom. The van der Waals surface area contributed by atoms with Gasteiger partial charge in [-0.15, -0.1) is 0 Å². The summed E-state index contributed by atoms with van der Waals surface area (Å²) in [6, 6.07) is 23.2. The van der Waals surface area contributed by atoms with E-state index in [0.717, 1.165) is 16.7 Å². The first-order chi connectivity index (χ1) is 13.5. The minimum Gasteiger partial charge on any atom is -0.477 e. The molecule has 0 aliphatic carbocycles. The molecule has 3 aromatic rings. The lowest BCUT2D eigenvalue weighted by Gasteiger charge is -2.20. The first kappa shape index (κ1) is 19.1. The molecule has 0 radical (unpaired) electrons. The standard InChI is InChI=1S/C22H20N2O4/c1-16-11-13-18(14-12-16)22(17-7-3-2-4-8-17)23-21(25)15-28-20-10-6-5-9-19(20)24(26)27/h2-14,22H,15H2,1H3,(H,23,25). The molecule has 142 valence electrons. The first-order valence-electron chi connectivity index (χ1n) is 8.81. The molecule has 0 saturated heterocycles. The van der Waals surface area contributed by atoms with Crippen molar-refractivity contribution in [2.45, 2.75) is 13.0 Å². The molecule has 6 nitrogen and oxygen atoms in total. The Morgan fingerprint density at radius 3 is 2.25 bits per heavy atom. The highest BCUT2D eigenvalue weighted by molar-refractivity contribution is 5.78. The van der Waals surface area contributed by atoms with Crippen molar-refractivity contribution in [1.29, 1.82) is 0 Å². The molecule has 0 spiro atoms. The molecule has 1 amide bonds. The molecule has 28 heavy (non-hydrogen) atoms. The van der Waals surface area contributed by atoms with Gasteiger partial charge in [-0.3, -0.25) is 14.9 Å². The Labute approximate surface area is 162 Å². The Balaban J connectivity index is 1.75. The van der Waals surface area contributed by atoms with Crippen LogP contribution in [0.25, 0.3) is 0 Å². The van der Waals surface area contributed by atoms with Gasteiger partial charge in [-0.1, -0.05) is 72.3 Å². The lowest BCUT2D eigenvalue weighted by molar-refractivity contribution is -0.385. The van der Waals surface area contributed by atoms with Gasteiger partial charge in [-0.2, -0.15) is 0 Å². The van der Waals surface area contributed by atoms with Gasteiger partial charge in [-0.05, 0) is 24.1 Å². The largest absolute Gasteiger partial charge is 0.477 e. The van der Waals surface area contributed by atoms with Gasteiger partial charge < -0.3 is 10.1 Å². The SMILES string of the molecule is Cc1ccc(C(NC(=O)COc2ccccc2[N+](=O)[O-])c2ccccc2)cc1. The van der Waals surface area contributed by atoms with Crippen molar-refractivity contribution in [3.05, 3.63) is 106 Å². The van der Waals surface area contributed by atoms with Crippen molar-refractivity contribution >= 4 is 11.6 Å². The number of nitro groups is 1. The van der Waals surface area contributed by atoms with Crippen molar-refractivity contribution < 1.29 is 14.5 Å². The number of carbonyl (C=O) groups is 1. The van der Waals surface area contributed by atoms with Crippen LogP contribution in [0.5, 0.6) is 5.75 Å². The Kier molecular flexibility index (Phi) is 6.01. The quantitative estimate of drug-likeness (QED) is 0.495.